The molecule has 1 aliphatic heterocycles. The molecule has 6 rings (SSSR count). The average Bonchev–Trinajstić information content (AvgIpc) is 3.67. The third-order valence-electron chi connectivity index (χ3n) is 7.09. The second-order valence-corrected chi connectivity index (χ2v) is 13.4. The molecule has 0 aromatic carbocycles. The van der Waals surface area contributed by atoms with E-state index in [4.69, 9.17) is 4.98 Å². The van der Waals surface area contributed by atoms with Crippen molar-refractivity contribution in [1.29, 1.82) is 0 Å². The molecule has 1 saturated heterocycles. The van der Waals surface area contributed by atoms with Gasteiger partial charge in [0, 0.05) is 42.8 Å². The number of anilines is 1. The van der Waals surface area contributed by atoms with Gasteiger partial charge in [-0.2, -0.15) is 0 Å². The fraction of sp³-hybridized carbons (Fsp3) is 0.609. The lowest BCUT2D eigenvalue weighted by molar-refractivity contribution is 0.150. The van der Waals surface area contributed by atoms with Crippen LogP contribution in [0.5, 0.6) is 0 Å². The first-order chi connectivity index (χ1) is 17.0. The van der Waals surface area contributed by atoms with Crippen LogP contribution in [0.2, 0.25) is 0 Å². The number of alkyl halides is 2. The van der Waals surface area contributed by atoms with Crippen molar-refractivity contribution in [1.82, 2.24) is 29.6 Å². The van der Waals surface area contributed by atoms with E-state index in [0.717, 1.165) is 42.7 Å². The largest absolute Gasteiger partial charge is 0.365 e. The van der Waals surface area contributed by atoms with Crippen molar-refractivity contribution in [2.75, 3.05) is 18.0 Å². The zero-order valence-electron chi connectivity index (χ0n) is 20.3. The Balaban J connectivity index is 1.58. The van der Waals surface area contributed by atoms with Gasteiger partial charge < -0.3 is 10.2 Å². The lowest BCUT2D eigenvalue weighted by Crippen LogP contribution is -2.54. The van der Waals surface area contributed by atoms with Gasteiger partial charge in [-0.25, -0.2) is 26.9 Å². The maximum absolute atomic E-state index is 13.5. The van der Waals surface area contributed by atoms with Crippen LogP contribution in [-0.4, -0.2) is 58.7 Å². The fourth-order valence-corrected chi connectivity index (χ4v) is 7.20. The number of halogens is 2. The smallest absolute Gasteiger partial charge is 0.291 e. The molecule has 194 valence electrons. The highest BCUT2D eigenvalue weighted by molar-refractivity contribution is 7.89. The topological polar surface area (TPSA) is 105 Å². The number of fused-ring (bicyclic) bond motifs is 1. The summed E-state index contributed by atoms with van der Waals surface area (Å²) in [6.45, 7) is 7.45. The Bertz CT molecular complexity index is 1420. The van der Waals surface area contributed by atoms with Crippen LogP contribution < -0.4 is 14.9 Å². The van der Waals surface area contributed by atoms with Gasteiger partial charge in [-0.05, 0) is 52.5 Å². The SMILES string of the molecule is C[C@H]1CN(c2cc(S(=O)(=O)NC3(C)CC3)cn3c(-c4nnc(C(F)F)s4)c(C4CC4)nc23)C[C@H](C)N1. The van der Waals surface area contributed by atoms with Gasteiger partial charge in [-0.1, -0.05) is 11.3 Å². The van der Waals surface area contributed by atoms with Crippen LogP contribution in [0.15, 0.2) is 17.2 Å². The summed E-state index contributed by atoms with van der Waals surface area (Å²) in [5.74, 6) is 0.191. The van der Waals surface area contributed by atoms with E-state index in [9.17, 15) is 17.2 Å². The zero-order chi connectivity index (χ0) is 25.4. The van der Waals surface area contributed by atoms with Gasteiger partial charge in [0.1, 0.15) is 10.6 Å². The van der Waals surface area contributed by atoms with Gasteiger partial charge in [-0.3, -0.25) is 4.40 Å². The second kappa shape index (κ2) is 8.40. The summed E-state index contributed by atoms with van der Waals surface area (Å²) in [4.78, 5) is 7.26. The van der Waals surface area contributed by atoms with E-state index in [0.29, 0.717) is 35.1 Å². The first-order valence-electron chi connectivity index (χ1n) is 12.3. The van der Waals surface area contributed by atoms with Crippen molar-refractivity contribution < 1.29 is 17.2 Å². The van der Waals surface area contributed by atoms with Gasteiger partial charge in [0.2, 0.25) is 10.0 Å². The van der Waals surface area contributed by atoms with Gasteiger partial charge in [0.05, 0.1) is 11.4 Å². The number of hydrogen-bond acceptors (Lipinski definition) is 8. The Hall–Kier alpha value is -2.22. The minimum absolute atomic E-state index is 0.122. The minimum atomic E-state index is -3.83. The van der Waals surface area contributed by atoms with Crippen molar-refractivity contribution in [3.8, 4) is 10.7 Å². The summed E-state index contributed by atoms with van der Waals surface area (Å²) in [5, 5.41) is 11.2. The summed E-state index contributed by atoms with van der Waals surface area (Å²) < 4.78 is 58.3. The molecule has 3 aliphatic rings. The van der Waals surface area contributed by atoms with Gasteiger partial charge >= 0.3 is 0 Å². The summed E-state index contributed by atoms with van der Waals surface area (Å²) in [5.41, 5.74) is 2.21. The van der Waals surface area contributed by atoms with Crippen LogP contribution >= 0.6 is 11.3 Å². The number of nitrogens with zero attached hydrogens (tertiary/aromatic N) is 5. The lowest BCUT2D eigenvalue weighted by Gasteiger charge is -2.37. The van der Waals surface area contributed by atoms with Crippen LogP contribution in [0.25, 0.3) is 16.3 Å². The van der Waals surface area contributed by atoms with E-state index >= 15 is 0 Å². The maximum atomic E-state index is 13.5. The molecule has 3 aromatic heterocycles. The zero-order valence-corrected chi connectivity index (χ0v) is 22.0. The standard InChI is InChI=1S/C23H29F2N7O2S2/c1-12-9-31(10-13(2)26-12)16-8-15(36(33,34)30-23(3)6-7-23)11-32-18(17(14-4-5-14)27-20(16)32)21-28-29-22(35-21)19(24)25/h8,11-14,19,26,30H,4-7,9-10H2,1-3H3/t12-,13-/m0/s1. The van der Waals surface area contributed by atoms with Crippen LogP contribution in [0, 0.1) is 0 Å². The van der Waals surface area contributed by atoms with Crippen LogP contribution in [0.4, 0.5) is 14.5 Å². The molecular formula is C23H29F2N7O2S2. The Labute approximate surface area is 212 Å². The molecule has 36 heavy (non-hydrogen) atoms. The maximum Gasteiger partial charge on any atom is 0.291 e. The Morgan fingerprint density at radius 3 is 2.47 bits per heavy atom. The normalized spacial score (nSPS) is 24.1. The molecule has 0 radical (unpaired) electrons. The second-order valence-electron chi connectivity index (χ2n) is 10.7. The summed E-state index contributed by atoms with van der Waals surface area (Å²) in [6, 6.07) is 2.10. The van der Waals surface area contributed by atoms with Gasteiger partial charge in [-0.15, -0.1) is 10.2 Å². The molecule has 2 atom stereocenters. The first kappa shape index (κ1) is 24.1. The average molecular weight is 538 g/mol. The Morgan fingerprint density at radius 1 is 1.19 bits per heavy atom. The number of piperazine rings is 1. The van der Waals surface area contributed by atoms with Crippen LogP contribution in [0.1, 0.15) is 69.5 Å². The number of pyridine rings is 1. The molecule has 13 heteroatoms. The van der Waals surface area contributed by atoms with E-state index in [2.05, 4.69) is 39.0 Å². The number of imidazole rings is 1. The van der Waals surface area contributed by atoms with Gasteiger partial charge in [0.15, 0.2) is 15.7 Å². The van der Waals surface area contributed by atoms with Crippen molar-refractivity contribution >= 4 is 32.7 Å². The number of nitrogens with one attached hydrogen (secondary N) is 2. The van der Waals surface area contributed by atoms with E-state index in [-0.39, 0.29) is 27.9 Å². The van der Waals surface area contributed by atoms with Gasteiger partial charge in [0.25, 0.3) is 6.43 Å². The predicted octanol–water partition coefficient (Wildman–Crippen LogP) is 3.69. The highest BCUT2D eigenvalue weighted by atomic mass is 32.2. The number of sulfonamides is 1. The quantitative estimate of drug-likeness (QED) is 0.474. The molecule has 0 bridgehead atoms. The molecular weight excluding hydrogens is 508 g/mol. The molecule has 0 amide bonds. The molecule has 9 nitrogen and oxygen atoms in total. The third kappa shape index (κ3) is 4.39. The molecule has 2 aliphatic carbocycles. The molecule has 0 unspecified atom stereocenters. The number of rotatable bonds is 7. The van der Waals surface area contributed by atoms with Crippen molar-refractivity contribution in [2.45, 2.75) is 81.3 Å². The number of hydrogen-bond donors (Lipinski definition) is 2. The fourth-order valence-electron chi connectivity index (χ4n) is 4.97. The first-order valence-corrected chi connectivity index (χ1v) is 14.6. The summed E-state index contributed by atoms with van der Waals surface area (Å²) in [7, 11) is -3.83. The van der Waals surface area contributed by atoms with E-state index in [1.165, 1.54) is 0 Å². The number of aromatic nitrogens is 4. The Kier molecular flexibility index (Phi) is 5.63. The third-order valence-corrected chi connectivity index (χ3v) is 9.63. The molecule has 4 heterocycles. The summed E-state index contributed by atoms with van der Waals surface area (Å²) in [6.07, 6.45) is 2.30. The van der Waals surface area contributed by atoms with Crippen molar-refractivity contribution in [3.05, 3.63) is 23.0 Å². The molecule has 3 fully saturated rings. The van der Waals surface area contributed by atoms with Crippen molar-refractivity contribution in [3.63, 3.8) is 0 Å². The molecule has 0 spiro atoms. The van der Waals surface area contributed by atoms with E-state index in [1.807, 2.05) is 6.92 Å². The summed E-state index contributed by atoms with van der Waals surface area (Å²) >= 11 is 0.827. The van der Waals surface area contributed by atoms with Crippen LogP contribution in [0.3, 0.4) is 0 Å². The minimum Gasteiger partial charge on any atom is -0.365 e. The highest BCUT2D eigenvalue weighted by Gasteiger charge is 2.42. The van der Waals surface area contributed by atoms with Crippen LogP contribution in [-0.2, 0) is 10.0 Å². The van der Waals surface area contributed by atoms with E-state index < -0.39 is 22.0 Å². The van der Waals surface area contributed by atoms with Crippen molar-refractivity contribution in [2.24, 2.45) is 0 Å². The monoisotopic (exact) mass is 537 g/mol. The molecule has 3 aromatic rings. The Morgan fingerprint density at radius 2 is 1.89 bits per heavy atom. The van der Waals surface area contributed by atoms with E-state index in [1.54, 1.807) is 16.7 Å². The molecule has 2 saturated carbocycles. The lowest BCUT2D eigenvalue weighted by atomic mass is 10.1. The highest BCUT2D eigenvalue weighted by Crippen LogP contribution is 2.46. The molecule has 2 N–H and O–H groups in total. The predicted molar refractivity (Wildman–Crippen MR) is 133 cm³/mol.